The van der Waals surface area contributed by atoms with Crippen molar-refractivity contribution in [2.75, 3.05) is 33.4 Å². The third-order valence-corrected chi connectivity index (χ3v) is 3.89. The van der Waals surface area contributed by atoms with Gasteiger partial charge in [-0.2, -0.15) is 0 Å². The molecule has 0 aromatic heterocycles. The van der Waals surface area contributed by atoms with E-state index in [1.54, 1.807) is 7.11 Å². The summed E-state index contributed by atoms with van der Waals surface area (Å²) in [5.41, 5.74) is 5.68. The molecular formula is C14H31Cl2N3O2. The van der Waals surface area contributed by atoms with E-state index in [0.717, 1.165) is 19.0 Å². The first-order valence-corrected chi connectivity index (χ1v) is 7.14. The number of likely N-dealkylation sites (tertiary alicyclic amines) is 1. The average Bonchev–Trinajstić information content (AvgIpc) is 2.36. The predicted octanol–water partition coefficient (Wildman–Crippen LogP) is 1.43. The van der Waals surface area contributed by atoms with Gasteiger partial charge in [0, 0.05) is 25.7 Å². The first-order chi connectivity index (χ1) is 8.86. The molecule has 0 saturated carbocycles. The topological polar surface area (TPSA) is 67.6 Å². The van der Waals surface area contributed by atoms with Crippen LogP contribution >= 0.6 is 24.8 Å². The van der Waals surface area contributed by atoms with Gasteiger partial charge in [0.25, 0.3) is 0 Å². The summed E-state index contributed by atoms with van der Waals surface area (Å²) in [6.07, 6.45) is 2.54. The summed E-state index contributed by atoms with van der Waals surface area (Å²) >= 11 is 0. The van der Waals surface area contributed by atoms with Crippen LogP contribution in [0.25, 0.3) is 0 Å². The Kier molecular flexibility index (Phi) is 11.7. The smallest absolute Gasteiger partial charge is 0.239 e. The Morgan fingerprint density at radius 2 is 2.10 bits per heavy atom. The fourth-order valence-electron chi connectivity index (χ4n) is 2.54. The standard InChI is InChI=1S/C14H29N3O2.2ClH/c1-11-6-5-7-17(8-11)14(2,3)10-16-13(18)12(15)9-19-4;;/h11-12H,5-10,15H2,1-4H3,(H,16,18);2*1H. The van der Waals surface area contributed by atoms with Crippen molar-refractivity contribution in [1.82, 2.24) is 10.2 Å². The van der Waals surface area contributed by atoms with Gasteiger partial charge in [0.1, 0.15) is 6.04 Å². The van der Waals surface area contributed by atoms with Crippen LogP contribution in [0.3, 0.4) is 0 Å². The number of halogens is 2. The zero-order valence-corrected chi connectivity index (χ0v) is 15.2. The number of carbonyl (C=O) groups excluding carboxylic acids is 1. The number of methoxy groups -OCH3 is 1. The molecule has 0 spiro atoms. The molecule has 1 rings (SSSR count). The molecule has 2 unspecified atom stereocenters. The number of amides is 1. The molecule has 0 aliphatic carbocycles. The lowest BCUT2D eigenvalue weighted by atomic mass is 9.93. The third kappa shape index (κ3) is 7.66. The van der Waals surface area contributed by atoms with Gasteiger partial charge in [0.15, 0.2) is 0 Å². The quantitative estimate of drug-likeness (QED) is 0.765. The average molecular weight is 344 g/mol. The van der Waals surface area contributed by atoms with Crippen molar-refractivity contribution in [3.05, 3.63) is 0 Å². The lowest BCUT2D eigenvalue weighted by Gasteiger charge is -2.43. The van der Waals surface area contributed by atoms with Crippen molar-refractivity contribution in [3.63, 3.8) is 0 Å². The molecule has 1 saturated heterocycles. The summed E-state index contributed by atoms with van der Waals surface area (Å²) in [7, 11) is 1.55. The summed E-state index contributed by atoms with van der Waals surface area (Å²) in [4.78, 5) is 14.3. The molecule has 0 aromatic rings. The Balaban J connectivity index is 0. The summed E-state index contributed by atoms with van der Waals surface area (Å²) in [6, 6.07) is -0.582. The highest BCUT2D eigenvalue weighted by atomic mass is 35.5. The molecule has 1 amide bonds. The molecule has 128 valence electrons. The van der Waals surface area contributed by atoms with Crippen molar-refractivity contribution < 1.29 is 9.53 Å². The monoisotopic (exact) mass is 343 g/mol. The molecule has 21 heavy (non-hydrogen) atoms. The number of hydrogen-bond acceptors (Lipinski definition) is 4. The van der Waals surface area contributed by atoms with Gasteiger partial charge in [0.2, 0.25) is 5.91 Å². The molecule has 0 bridgehead atoms. The fourth-order valence-corrected chi connectivity index (χ4v) is 2.54. The van der Waals surface area contributed by atoms with E-state index in [4.69, 9.17) is 10.5 Å². The molecule has 7 heteroatoms. The van der Waals surface area contributed by atoms with E-state index in [2.05, 4.69) is 31.0 Å². The lowest BCUT2D eigenvalue weighted by Crippen LogP contribution is -2.56. The molecule has 0 aromatic carbocycles. The van der Waals surface area contributed by atoms with Gasteiger partial charge >= 0.3 is 0 Å². The minimum Gasteiger partial charge on any atom is -0.383 e. The second kappa shape index (κ2) is 10.6. The SMILES string of the molecule is COCC(N)C(=O)NCC(C)(C)N1CCCC(C)C1.Cl.Cl. The number of carbonyl (C=O) groups is 1. The Hall–Kier alpha value is -0.0700. The number of nitrogens with two attached hydrogens (primary N) is 1. The maximum absolute atomic E-state index is 11.8. The number of piperidine rings is 1. The number of nitrogens with zero attached hydrogens (tertiary/aromatic N) is 1. The summed E-state index contributed by atoms with van der Waals surface area (Å²) < 4.78 is 4.89. The predicted molar refractivity (Wildman–Crippen MR) is 91.4 cm³/mol. The Morgan fingerprint density at radius 1 is 1.48 bits per heavy atom. The molecule has 3 N–H and O–H groups in total. The maximum atomic E-state index is 11.8. The maximum Gasteiger partial charge on any atom is 0.239 e. The van der Waals surface area contributed by atoms with Crippen LogP contribution < -0.4 is 11.1 Å². The van der Waals surface area contributed by atoms with Crippen LogP contribution in [-0.4, -0.2) is 55.7 Å². The molecule has 1 aliphatic heterocycles. The highest BCUT2D eigenvalue weighted by Gasteiger charge is 2.30. The van der Waals surface area contributed by atoms with E-state index < -0.39 is 6.04 Å². The Morgan fingerprint density at radius 3 is 2.62 bits per heavy atom. The number of hydrogen-bond donors (Lipinski definition) is 2. The fraction of sp³-hybridized carbons (Fsp3) is 0.929. The van der Waals surface area contributed by atoms with Crippen LogP contribution in [0, 0.1) is 5.92 Å². The van der Waals surface area contributed by atoms with Crippen molar-refractivity contribution in [2.24, 2.45) is 11.7 Å². The van der Waals surface area contributed by atoms with Crippen LogP contribution in [0.1, 0.15) is 33.6 Å². The molecule has 2 atom stereocenters. The molecule has 1 aliphatic rings. The van der Waals surface area contributed by atoms with Gasteiger partial charge in [-0.25, -0.2) is 0 Å². The van der Waals surface area contributed by atoms with E-state index in [9.17, 15) is 4.79 Å². The van der Waals surface area contributed by atoms with E-state index >= 15 is 0 Å². The van der Waals surface area contributed by atoms with Crippen LogP contribution in [-0.2, 0) is 9.53 Å². The van der Waals surface area contributed by atoms with Crippen molar-refractivity contribution >= 4 is 30.7 Å². The zero-order valence-electron chi connectivity index (χ0n) is 13.6. The Labute approximate surface area is 141 Å². The van der Waals surface area contributed by atoms with E-state index in [1.807, 2.05) is 0 Å². The van der Waals surface area contributed by atoms with Crippen LogP contribution in [0.2, 0.25) is 0 Å². The van der Waals surface area contributed by atoms with Crippen molar-refractivity contribution in [1.29, 1.82) is 0 Å². The highest BCUT2D eigenvalue weighted by Crippen LogP contribution is 2.23. The minimum absolute atomic E-state index is 0. The minimum atomic E-state index is -0.582. The van der Waals surface area contributed by atoms with Crippen LogP contribution in [0.4, 0.5) is 0 Å². The first-order valence-electron chi connectivity index (χ1n) is 7.14. The summed E-state index contributed by atoms with van der Waals surface area (Å²) in [5.74, 6) is 0.597. The van der Waals surface area contributed by atoms with E-state index in [-0.39, 0.29) is 42.9 Å². The number of nitrogens with one attached hydrogen (secondary N) is 1. The van der Waals surface area contributed by atoms with Gasteiger partial charge < -0.3 is 15.8 Å². The van der Waals surface area contributed by atoms with Crippen LogP contribution in [0.15, 0.2) is 0 Å². The largest absolute Gasteiger partial charge is 0.383 e. The second-order valence-corrected chi connectivity index (χ2v) is 6.29. The molecule has 0 radical (unpaired) electrons. The lowest BCUT2D eigenvalue weighted by molar-refractivity contribution is -0.124. The highest BCUT2D eigenvalue weighted by molar-refractivity contribution is 5.85. The number of rotatable bonds is 6. The van der Waals surface area contributed by atoms with Crippen molar-refractivity contribution in [2.45, 2.75) is 45.2 Å². The molecular weight excluding hydrogens is 313 g/mol. The molecule has 1 heterocycles. The molecule has 5 nitrogen and oxygen atoms in total. The Bertz CT molecular complexity index is 304. The van der Waals surface area contributed by atoms with Gasteiger partial charge in [-0.1, -0.05) is 6.92 Å². The number of ether oxygens (including phenoxy) is 1. The normalized spacial score (nSPS) is 20.9. The summed E-state index contributed by atoms with van der Waals surface area (Å²) in [5, 5.41) is 2.93. The van der Waals surface area contributed by atoms with Gasteiger partial charge in [-0.05, 0) is 39.2 Å². The van der Waals surface area contributed by atoms with Gasteiger partial charge in [0.05, 0.1) is 6.61 Å². The van der Waals surface area contributed by atoms with Gasteiger partial charge in [-0.15, -0.1) is 24.8 Å². The van der Waals surface area contributed by atoms with E-state index in [0.29, 0.717) is 6.54 Å². The van der Waals surface area contributed by atoms with E-state index in [1.165, 1.54) is 12.8 Å². The second-order valence-electron chi connectivity index (χ2n) is 6.29. The van der Waals surface area contributed by atoms with Crippen LogP contribution in [0.5, 0.6) is 0 Å². The summed E-state index contributed by atoms with van der Waals surface area (Å²) in [6.45, 7) is 9.73. The van der Waals surface area contributed by atoms with Gasteiger partial charge in [-0.3, -0.25) is 9.69 Å². The van der Waals surface area contributed by atoms with Crippen molar-refractivity contribution in [3.8, 4) is 0 Å². The molecule has 1 fully saturated rings. The third-order valence-electron chi connectivity index (χ3n) is 3.89. The zero-order chi connectivity index (χ0) is 14.5. The first kappa shape index (κ1) is 23.2.